The molecule has 28 heavy (non-hydrogen) atoms. The zero-order valence-corrected chi connectivity index (χ0v) is 16.4. The summed E-state index contributed by atoms with van der Waals surface area (Å²) in [7, 11) is 0. The fourth-order valence-corrected chi connectivity index (χ4v) is 3.72. The van der Waals surface area contributed by atoms with E-state index in [-0.39, 0.29) is 6.04 Å². The highest BCUT2D eigenvalue weighted by Crippen LogP contribution is 2.28. The van der Waals surface area contributed by atoms with Crippen molar-refractivity contribution in [1.82, 2.24) is 4.68 Å². The predicted molar refractivity (Wildman–Crippen MR) is 112 cm³/mol. The Bertz CT molecular complexity index is 1220. The lowest BCUT2D eigenvalue weighted by atomic mass is 10.2. The number of hydrogen-bond acceptors (Lipinski definition) is 5. The molecule has 0 unspecified atom stereocenters. The van der Waals surface area contributed by atoms with Gasteiger partial charge in [-0.3, -0.25) is 4.99 Å². The van der Waals surface area contributed by atoms with Crippen LogP contribution < -0.4 is 4.80 Å². The molecule has 4 aromatic rings. The van der Waals surface area contributed by atoms with Gasteiger partial charge < -0.3 is 4.42 Å². The molecule has 0 aliphatic heterocycles. The molecule has 0 radical (unpaired) electrons. The summed E-state index contributed by atoms with van der Waals surface area (Å²) in [5.41, 5.74) is 3.22. The summed E-state index contributed by atoms with van der Waals surface area (Å²) in [6, 6.07) is 19.5. The summed E-state index contributed by atoms with van der Waals surface area (Å²) in [6.07, 6.45) is 1.76. The van der Waals surface area contributed by atoms with E-state index in [1.54, 1.807) is 23.0 Å². The van der Waals surface area contributed by atoms with Crippen LogP contribution in [0.1, 0.15) is 25.0 Å². The van der Waals surface area contributed by atoms with Gasteiger partial charge in [0.05, 0.1) is 17.8 Å². The minimum Gasteiger partial charge on any atom is -0.454 e. The summed E-state index contributed by atoms with van der Waals surface area (Å²) in [5, 5.41) is 16.7. The second-order valence-corrected chi connectivity index (χ2v) is 7.40. The highest BCUT2D eigenvalue weighted by molar-refractivity contribution is 7.07. The Morgan fingerprint density at radius 3 is 2.64 bits per heavy atom. The molecule has 0 atom stereocenters. The van der Waals surface area contributed by atoms with Crippen LogP contribution in [0.15, 0.2) is 74.5 Å². The van der Waals surface area contributed by atoms with E-state index >= 15 is 0 Å². The molecule has 4 rings (SSSR count). The second kappa shape index (κ2) is 7.67. The molecule has 6 heteroatoms. The fraction of sp³-hybridized carbons (Fsp3) is 0.136. The van der Waals surface area contributed by atoms with Gasteiger partial charge in [-0.2, -0.15) is 10.4 Å². The molecule has 0 saturated carbocycles. The number of aromatic nitrogens is 1. The topological polar surface area (TPSA) is 66.6 Å². The normalized spacial score (nSPS) is 12.3. The molecular weight excluding hydrogens is 368 g/mol. The Morgan fingerprint density at radius 1 is 1.14 bits per heavy atom. The summed E-state index contributed by atoms with van der Waals surface area (Å²) in [4.78, 5) is 5.48. The van der Waals surface area contributed by atoms with E-state index in [1.165, 1.54) is 11.3 Å². The number of hydrogen-bond donors (Lipinski definition) is 0. The van der Waals surface area contributed by atoms with Crippen LogP contribution in [0.2, 0.25) is 0 Å². The molecule has 0 N–H and O–H groups in total. The van der Waals surface area contributed by atoms with Crippen molar-refractivity contribution in [2.24, 2.45) is 10.1 Å². The van der Waals surface area contributed by atoms with E-state index in [9.17, 15) is 0 Å². The van der Waals surface area contributed by atoms with Gasteiger partial charge in [0, 0.05) is 16.8 Å². The monoisotopic (exact) mass is 386 g/mol. The number of para-hydroxylation sites is 1. The molecule has 138 valence electrons. The van der Waals surface area contributed by atoms with Crippen LogP contribution in [0.3, 0.4) is 0 Å². The number of nitriles is 1. The lowest BCUT2D eigenvalue weighted by Gasteiger charge is -2.01. The smallest absolute Gasteiger partial charge is 0.206 e. The van der Waals surface area contributed by atoms with Crippen LogP contribution in [-0.4, -0.2) is 16.9 Å². The largest absolute Gasteiger partial charge is 0.454 e. The minimum atomic E-state index is 0.151. The maximum absolute atomic E-state index is 8.94. The Kier molecular flexibility index (Phi) is 4.92. The maximum Gasteiger partial charge on any atom is 0.206 e. The van der Waals surface area contributed by atoms with Crippen molar-refractivity contribution in [1.29, 1.82) is 5.26 Å². The molecular formula is C22H18N4OS. The molecule has 0 bridgehead atoms. The molecule has 0 fully saturated rings. The predicted octanol–water partition coefficient (Wildman–Crippen LogP) is 5.03. The van der Waals surface area contributed by atoms with Gasteiger partial charge in [0.15, 0.2) is 5.76 Å². The quantitative estimate of drug-likeness (QED) is 0.462. The number of thiazole rings is 1. The first kappa shape index (κ1) is 18.0. The number of benzene rings is 2. The van der Waals surface area contributed by atoms with E-state index in [0.29, 0.717) is 5.56 Å². The number of nitrogens with zero attached hydrogens (tertiary/aromatic N) is 4. The van der Waals surface area contributed by atoms with Crippen LogP contribution in [-0.2, 0) is 0 Å². The Balaban J connectivity index is 1.80. The van der Waals surface area contributed by atoms with Crippen molar-refractivity contribution >= 4 is 28.5 Å². The molecule has 0 saturated heterocycles. The summed E-state index contributed by atoms with van der Waals surface area (Å²) < 4.78 is 7.84. The standard InChI is InChI=1S/C22H18N4OS/c1-15(2)25-22-26(24-13-17-9-7-16(12-23)8-10-17)19(14-28-22)21-11-18-5-3-4-6-20(18)27-21/h3-11,13-15H,1-2H3. The van der Waals surface area contributed by atoms with Crippen LogP contribution in [0.25, 0.3) is 22.4 Å². The lowest BCUT2D eigenvalue weighted by molar-refractivity contribution is 0.620. The van der Waals surface area contributed by atoms with Gasteiger partial charge in [-0.05, 0) is 43.7 Å². The van der Waals surface area contributed by atoms with Crippen LogP contribution in [0, 0.1) is 11.3 Å². The van der Waals surface area contributed by atoms with Gasteiger partial charge in [0.25, 0.3) is 0 Å². The fourth-order valence-electron chi connectivity index (χ4n) is 2.77. The molecule has 2 heterocycles. The average Bonchev–Trinajstić information content (AvgIpc) is 3.30. The number of furan rings is 1. The first-order chi connectivity index (χ1) is 13.6. The van der Waals surface area contributed by atoms with Crippen molar-refractivity contribution in [2.45, 2.75) is 19.9 Å². The highest BCUT2D eigenvalue weighted by atomic mass is 32.1. The molecule has 0 spiro atoms. The summed E-state index contributed by atoms with van der Waals surface area (Å²) in [6.45, 7) is 4.07. The number of fused-ring (bicyclic) bond motifs is 1. The molecule has 2 aromatic carbocycles. The SMILES string of the molecule is CC(C)N=c1scc(-c2cc3ccccc3o2)n1N=Cc1ccc(C#N)cc1. The number of rotatable bonds is 4. The Morgan fingerprint density at radius 2 is 1.93 bits per heavy atom. The highest BCUT2D eigenvalue weighted by Gasteiger charge is 2.13. The van der Waals surface area contributed by atoms with Crippen molar-refractivity contribution in [3.8, 4) is 17.5 Å². The zero-order valence-electron chi connectivity index (χ0n) is 15.5. The first-order valence-corrected chi connectivity index (χ1v) is 9.80. The van der Waals surface area contributed by atoms with E-state index < -0.39 is 0 Å². The first-order valence-electron chi connectivity index (χ1n) is 8.92. The zero-order chi connectivity index (χ0) is 19.5. The van der Waals surface area contributed by atoms with Crippen molar-refractivity contribution in [2.75, 3.05) is 0 Å². The van der Waals surface area contributed by atoms with Gasteiger partial charge >= 0.3 is 0 Å². The van der Waals surface area contributed by atoms with E-state index in [2.05, 4.69) is 16.2 Å². The van der Waals surface area contributed by atoms with Crippen molar-refractivity contribution < 1.29 is 4.42 Å². The molecule has 2 aromatic heterocycles. The summed E-state index contributed by atoms with van der Waals surface area (Å²) in [5.74, 6) is 0.750. The molecule has 0 aliphatic rings. The second-order valence-electron chi connectivity index (χ2n) is 6.57. The summed E-state index contributed by atoms with van der Waals surface area (Å²) >= 11 is 1.53. The van der Waals surface area contributed by atoms with Crippen LogP contribution >= 0.6 is 11.3 Å². The van der Waals surface area contributed by atoms with Crippen LogP contribution in [0.4, 0.5) is 0 Å². The van der Waals surface area contributed by atoms with Crippen LogP contribution in [0.5, 0.6) is 0 Å². The third-order valence-corrected chi connectivity index (χ3v) is 4.92. The van der Waals surface area contributed by atoms with Gasteiger partial charge in [-0.1, -0.05) is 30.3 Å². The van der Waals surface area contributed by atoms with Gasteiger partial charge in [-0.25, -0.2) is 4.68 Å². The minimum absolute atomic E-state index is 0.151. The van der Waals surface area contributed by atoms with E-state index in [4.69, 9.17) is 9.68 Å². The average molecular weight is 386 g/mol. The lowest BCUT2D eigenvalue weighted by Crippen LogP contribution is -2.14. The van der Waals surface area contributed by atoms with Crippen molar-refractivity contribution in [3.05, 3.63) is 75.9 Å². The molecule has 5 nitrogen and oxygen atoms in total. The Hall–Kier alpha value is -3.43. The van der Waals surface area contributed by atoms with Gasteiger partial charge in [0.1, 0.15) is 11.3 Å². The van der Waals surface area contributed by atoms with E-state index in [0.717, 1.165) is 32.8 Å². The molecule has 0 aliphatic carbocycles. The maximum atomic E-state index is 8.94. The Labute approximate surface area is 166 Å². The van der Waals surface area contributed by atoms with Crippen molar-refractivity contribution in [3.63, 3.8) is 0 Å². The third kappa shape index (κ3) is 3.66. The van der Waals surface area contributed by atoms with E-state index in [1.807, 2.05) is 61.7 Å². The third-order valence-electron chi connectivity index (χ3n) is 4.09. The van der Waals surface area contributed by atoms with Gasteiger partial charge in [-0.15, -0.1) is 11.3 Å². The van der Waals surface area contributed by atoms with Gasteiger partial charge in [0.2, 0.25) is 4.80 Å². The molecule has 0 amide bonds.